The number of halogens is 2. The highest BCUT2D eigenvalue weighted by Crippen LogP contribution is 2.22. The lowest BCUT2D eigenvalue weighted by molar-refractivity contribution is 0.174. The molecule has 0 saturated heterocycles. The van der Waals surface area contributed by atoms with E-state index in [-0.39, 0.29) is 5.02 Å². The largest absolute Gasteiger partial charge is 0.388 e. The van der Waals surface area contributed by atoms with Gasteiger partial charge in [0, 0.05) is 25.9 Å². The Morgan fingerprint density at radius 1 is 1.53 bits per heavy atom. The van der Waals surface area contributed by atoms with E-state index in [1.165, 1.54) is 12.1 Å². The van der Waals surface area contributed by atoms with Crippen LogP contribution in [0, 0.1) is 5.82 Å². The molecule has 0 aliphatic carbocycles. The van der Waals surface area contributed by atoms with Gasteiger partial charge >= 0.3 is 0 Å². The number of hydrogen-bond acceptors (Lipinski definition) is 2. The van der Waals surface area contributed by atoms with Gasteiger partial charge in [0.05, 0.1) is 11.1 Å². The van der Waals surface area contributed by atoms with Crippen molar-refractivity contribution in [1.29, 1.82) is 0 Å². The van der Waals surface area contributed by atoms with Crippen LogP contribution in [0.3, 0.4) is 0 Å². The summed E-state index contributed by atoms with van der Waals surface area (Å²) in [4.78, 5) is 4.10. The average molecular weight is 255 g/mol. The van der Waals surface area contributed by atoms with E-state index < -0.39 is 11.9 Å². The first-order valence-electron chi connectivity index (χ1n) is 5.17. The summed E-state index contributed by atoms with van der Waals surface area (Å²) in [6.07, 6.45) is 3.00. The molecule has 0 radical (unpaired) electrons. The minimum absolute atomic E-state index is 0.0536. The zero-order valence-electron chi connectivity index (χ0n) is 9.27. The van der Waals surface area contributed by atoms with Gasteiger partial charge < -0.3 is 9.67 Å². The van der Waals surface area contributed by atoms with E-state index in [9.17, 15) is 9.50 Å². The fourth-order valence-corrected chi connectivity index (χ4v) is 1.72. The third-order valence-electron chi connectivity index (χ3n) is 2.63. The first-order chi connectivity index (χ1) is 8.08. The third kappa shape index (κ3) is 2.65. The van der Waals surface area contributed by atoms with Crippen molar-refractivity contribution in [2.24, 2.45) is 7.05 Å². The molecule has 0 fully saturated rings. The van der Waals surface area contributed by atoms with Gasteiger partial charge in [-0.25, -0.2) is 9.37 Å². The zero-order valence-corrected chi connectivity index (χ0v) is 10.0. The fourth-order valence-electron chi connectivity index (χ4n) is 1.60. The van der Waals surface area contributed by atoms with E-state index in [0.29, 0.717) is 12.0 Å². The second kappa shape index (κ2) is 4.85. The van der Waals surface area contributed by atoms with Gasteiger partial charge in [-0.1, -0.05) is 17.7 Å². The van der Waals surface area contributed by atoms with Crippen molar-refractivity contribution in [1.82, 2.24) is 9.55 Å². The maximum Gasteiger partial charge on any atom is 0.142 e. The Kier molecular flexibility index (Phi) is 3.45. The molecule has 0 amide bonds. The van der Waals surface area contributed by atoms with E-state index >= 15 is 0 Å². The molecular weight excluding hydrogens is 243 g/mol. The number of aliphatic hydroxyl groups excluding tert-OH is 1. The molecule has 0 bridgehead atoms. The van der Waals surface area contributed by atoms with E-state index in [1.54, 1.807) is 18.5 Å². The van der Waals surface area contributed by atoms with E-state index in [4.69, 9.17) is 11.6 Å². The molecule has 0 aliphatic rings. The van der Waals surface area contributed by atoms with Crippen molar-refractivity contribution in [2.75, 3.05) is 0 Å². The zero-order chi connectivity index (χ0) is 12.4. The summed E-state index contributed by atoms with van der Waals surface area (Å²) < 4.78 is 15.0. The van der Waals surface area contributed by atoms with Gasteiger partial charge in [-0.15, -0.1) is 0 Å². The van der Waals surface area contributed by atoms with Gasteiger partial charge in [0.2, 0.25) is 0 Å². The van der Waals surface area contributed by atoms with Crippen LogP contribution in [-0.2, 0) is 13.5 Å². The second-order valence-electron chi connectivity index (χ2n) is 3.85. The number of nitrogens with zero attached hydrogens (tertiary/aromatic N) is 2. The molecule has 17 heavy (non-hydrogen) atoms. The van der Waals surface area contributed by atoms with Crippen LogP contribution in [0.1, 0.15) is 17.5 Å². The number of imidazole rings is 1. The van der Waals surface area contributed by atoms with Gasteiger partial charge in [0.15, 0.2) is 0 Å². The normalized spacial score (nSPS) is 12.7. The summed E-state index contributed by atoms with van der Waals surface area (Å²) in [6.45, 7) is 0. The van der Waals surface area contributed by atoms with Crippen LogP contribution in [0.25, 0.3) is 0 Å². The monoisotopic (exact) mass is 254 g/mol. The highest BCUT2D eigenvalue weighted by Gasteiger charge is 2.13. The lowest BCUT2D eigenvalue weighted by atomic mass is 10.1. The number of aryl methyl sites for hydroxylation is 1. The molecule has 0 aliphatic heterocycles. The highest BCUT2D eigenvalue weighted by atomic mass is 35.5. The molecule has 90 valence electrons. The first-order valence-corrected chi connectivity index (χ1v) is 5.55. The molecule has 1 aromatic carbocycles. The van der Waals surface area contributed by atoms with Crippen LogP contribution in [0.4, 0.5) is 4.39 Å². The predicted octanol–water partition coefficient (Wildman–Crippen LogP) is 2.49. The smallest absolute Gasteiger partial charge is 0.142 e. The standard InChI is InChI=1S/C12H12ClFN2O/c1-16-5-4-15-12(16)7-11(17)8-2-3-9(13)10(14)6-8/h2-6,11,17H,7H2,1H3. The van der Waals surface area contributed by atoms with Crippen molar-refractivity contribution in [3.8, 4) is 0 Å². The van der Waals surface area contributed by atoms with E-state index in [1.807, 2.05) is 11.6 Å². The summed E-state index contributed by atoms with van der Waals surface area (Å²) in [5.41, 5.74) is 0.495. The lowest BCUT2D eigenvalue weighted by Crippen LogP contribution is -2.07. The molecule has 1 atom stereocenters. The predicted molar refractivity (Wildman–Crippen MR) is 63.3 cm³/mol. The molecule has 0 spiro atoms. The summed E-state index contributed by atoms with van der Waals surface area (Å²) in [5, 5.41) is 10.0. The molecule has 2 rings (SSSR count). The third-order valence-corrected chi connectivity index (χ3v) is 2.93. The molecule has 5 heteroatoms. The van der Waals surface area contributed by atoms with Crippen LogP contribution in [0.2, 0.25) is 5.02 Å². The number of aliphatic hydroxyl groups is 1. The summed E-state index contributed by atoms with van der Waals surface area (Å²) >= 11 is 5.58. The minimum atomic E-state index is -0.789. The average Bonchev–Trinajstić information content (AvgIpc) is 2.68. The molecular formula is C12H12ClFN2O. The molecule has 2 aromatic rings. The Hall–Kier alpha value is -1.39. The molecule has 1 aromatic heterocycles. The summed E-state index contributed by atoms with van der Waals surface area (Å²) in [5.74, 6) is 0.218. The Labute approximate surface area is 103 Å². The van der Waals surface area contributed by atoms with Crippen LogP contribution < -0.4 is 0 Å². The van der Waals surface area contributed by atoms with Crippen LogP contribution in [-0.4, -0.2) is 14.7 Å². The van der Waals surface area contributed by atoms with Gasteiger partial charge in [0.25, 0.3) is 0 Å². The Morgan fingerprint density at radius 3 is 2.88 bits per heavy atom. The SMILES string of the molecule is Cn1ccnc1CC(O)c1ccc(Cl)c(F)c1. The van der Waals surface area contributed by atoms with E-state index in [0.717, 1.165) is 5.82 Å². The summed E-state index contributed by atoms with van der Waals surface area (Å²) in [7, 11) is 1.84. The first kappa shape index (κ1) is 12.1. The van der Waals surface area contributed by atoms with Crippen LogP contribution >= 0.6 is 11.6 Å². The lowest BCUT2D eigenvalue weighted by Gasteiger charge is -2.11. The van der Waals surface area contributed by atoms with Gasteiger partial charge in [-0.2, -0.15) is 0 Å². The Balaban J connectivity index is 2.17. The summed E-state index contributed by atoms with van der Waals surface area (Å²) in [6, 6.07) is 4.29. The van der Waals surface area contributed by atoms with Crippen molar-refractivity contribution in [2.45, 2.75) is 12.5 Å². The number of hydrogen-bond donors (Lipinski definition) is 1. The molecule has 1 N–H and O–H groups in total. The quantitative estimate of drug-likeness (QED) is 0.914. The fraction of sp³-hybridized carbons (Fsp3) is 0.250. The van der Waals surface area contributed by atoms with Crippen molar-refractivity contribution >= 4 is 11.6 Å². The Morgan fingerprint density at radius 2 is 2.29 bits per heavy atom. The second-order valence-corrected chi connectivity index (χ2v) is 4.26. The van der Waals surface area contributed by atoms with Crippen molar-refractivity contribution < 1.29 is 9.50 Å². The number of aromatic nitrogens is 2. The molecule has 0 saturated carbocycles. The molecule has 1 unspecified atom stereocenters. The topological polar surface area (TPSA) is 38.0 Å². The Bertz CT molecular complexity index is 527. The van der Waals surface area contributed by atoms with Crippen LogP contribution in [0.15, 0.2) is 30.6 Å². The number of benzene rings is 1. The maximum absolute atomic E-state index is 13.2. The van der Waals surface area contributed by atoms with Crippen LogP contribution in [0.5, 0.6) is 0 Å². The van der Waals surface area contributed by atoms with Gasteiger partial charge in [-0.3, -0.25) is 0 Å². The highest BCUT2D eigenvalue weighted by molar-refractivity contribution is 6.30. The molecule has 3 nitrogen and oxygen atoms in total. The van der Waals surface area contributed by atoms with E-state index in [2.05, 4.69) is 4.98 Å². The van der Waals surface area contributed by atoms with Gasteiger partial charge in [0.1, 0.15) is 11.6 Å². The maximum atomic E-state index is 13.2. The molecule has 1 heterocycles. The van der Waals surface area contributed by atoms with Gasteiger partial charge in [-0.05, 0) is 17.7 Å². The van der Waals surface area contributed by atoms with Crippen molar-refractivity contribution in [3.63, 3.8) is 0 Å². The number of rotatable bonds is 3. The van der Waals surface area contributed by atoms with Crippen molar-refractivity contribution in [3.05, 3.63) is 52.8 Å². The minimum Gasteiger partial charge on any atom is -0.388 e.